The van der Waals surface area contributed by atoms with Gasteiger partial charge in [-0.15, -0.1) is 11.6 Å². The molecule has 0 radical (unpaired) electrons. The van der Waals surface area contributed by atoms with E-state index >= 15 is 0 Å². The van der Waals surface area contributed by atoms with E-state index in [2.05, 4.69) is 5.32 Å². The van der Waals surface area contributed by atoms with E-state index in [1.807, 2.05) is 0 Å². The zero-order chi connectivity index (χ0) is 15.4. The molecule has 1 N–H and O–H groups in total. The van der Waals surface area contributed by atoms with Gasteiger partial charge in [0.15, 0.2) is 0 Å². The second-order valence-electron chi connectivity index (χ2n) is 5.26. The van der Waals surface area contributed by atoms with Gasteiger partial charge in [0.05, 0.1) is 16.6 Å². The molecule has 0 aliphatic heterocycles. The van der Waals surface area contributed by atoms with Gasteiger partial charge >= 0.3 is 0 Å². The molecule has 114 valence electrons. The minimum absolute atomic E-state index is 0.136. The summed E-state index contributed by atoms with van der Waals surface area (Å²) in [6.07, 6.45) is 3.85. The van der Waals surface area contributed by atoms with Crippen LogP contribution in [0.15, 0.2) is 18.2 Å². The molecular weight excluding hydrogens is 299 g/mol. The number of nitro benzene ring substituents is 1. The first-order valence-electron chi connectivity index (χ1n) is 6.83. The second-order valence-corrected chi connectivity index (χ2v) is 5.88. The number of carbonyl (C=O) groups is 1. The van der Waals surface area contributed by atoms with Crippen molar-refractivity contribution < 1.29 is 14.1 Å². The number of nitrogens with one attached hydrogen (secondary N) is 1. The summed E-state index contributed by atoms with van der Waals surface area (Å²) < 4.78 is 13.7. The highest BCUT2D eigenvalue weighted by Crippen LogP contribution is 2.27. The van der Waals surface area contributed by atoms with Crippen molar-refractivity contribution in [1.29, 1.82) is 0 Å². The van der Waals surface area contributed by atoms with Crippen molar-refractivity contribution in [1.82, 2.24) is 5.32 Å². The molecule has 1 aliphatic rings. The zero-order valence-electron chi connectivity index (χ0n) is 11.4. The third-order valence-electron chi connectivity index (χ3n) is 3.68. The van der Waals surface area contributed by atoms with E-state index in [4.69, 9.17) is 11.6 Å². The molecule has 1 amide bonds. The Labute approximate surface area is 126 Å². The molecule has 0 spiro atoms. The van der Waals surface area contributed by atoms with Crippen LogP contribution in [0.3, 0.4) is 0 Å². The SMILES string of the molecule is O=C(NCC1CCCC(Cl)C1)c1ccc([N+](=O)[O-])cc1F. The Kier molecular flexibility index (Phi) is 5.12. The average molecular weight is 315 g/mol. The predicted octanol–water partition coefficient (Wildman–Crippen LogP) is 3.26. The van der Waals surface area contributed by atoms with Crippen LogP contribution in [-0.4, -0.2) is 22.8 Å². The average Bonchev–Trinajstić information content (AvgIpc) is 2.44. The van der Waals surface area contributed by atoms with Crippen molar-refractivity contribution in [2.75, 3.05) is 6.54 Å². The lowest BCUT2D eigenvalue weighted by atomic mass is 9.89. The van der Waals surface area contributed by atoms with Gasteiger partial charge in [0.25, 0.3) is 11.6 Å². The molecule has 21 heavy (non-hydrogen) atoms. The molecule has 0 heterocycles. The molecule has 1 fully saturated rings. The van der Waals surface area contributed by atoms with Crippen molar-refractivity contribution in [2.24, 2.45) is 5.92 Å². The monoisotopic (exact) mass is 314 g/mol. The molecule has 1 aromatic carbocycles. The molecule has 2 unspecified atom stereocenters. The smallest absolute Gasteiger partial charge is 0.272 e. The minimum atomic E-state index is -0.888. The van der Waals surface area contributed by atoms with Crippen molar-refractivity contribution in [3.05, 3.63) is 39.7 Å². The molecule has 1 aromatic rings. The summed E-state index contributed by atoms with van der Waals surface area (Å²) in [5, 5.41) is 13.3. The van der Waals surface area contributed by atoms with E-state index in [0.29, 0.717) is 12.5 Å². The first-order valence-corrected chi connectivity index (χ1v) is 7.27. The maximum Gasteiger partial charge on any atom is 0.272 e. The summed E-state index contributed by atoms with van der Waals surface area (Å²) in [5.41, 5.74) is -0.555. The van der Waals surface area contributed by atoms with Gasteiger partial charge < -0.3 is 5.32 Å². The number of hydrogen-bond acceptors (Lipinski definition) is 3. The quantitative estimate of drug-likeness (QED) is 0.526. The van der Waals surface area contributed by atoms with Gasteiger partial charge in [0, 0.05) is 18.0 Å². The summed E-state index contributed by atoms with van der Waals surface area (Å²) >= 11 is 6.08. The van der Waals surface area contributed by atoms with Crippen LogP contribution < -0.4 is 5.32 Å². The van der Waals surface area contributed by atoms with Crippen LogP contribution in [-0.2, 0) is 0 Å². The predicted molar refractivity (Wildman–Crippen MR) is 77.0 cm³/mol. The first kappa shape index (κ1) is 15.7. The molecule has 1 saturated carbocycles. The number of benzene rings is 1. The van der Waals surface area contributed by atoms with Crippen LogP contribution >= 0.6 is 11.6 Å². The highest BCUT2D eigenvalue weighted by atomic mass is 35.5. The second kappa shape index (κ2) is 6.85. The number of nitro groups is 1. The Hall–Kier alpha value is -1.69. The van der Waals surface area contributed by atoms with Gasteiger partial charge in [-0.3, -0.25) is 14.9 Å². The highest BCUT2D eigenvalue weighted by Gasteiger charge is 2.22. The maximum atomic E-state index is 13.7. The summed E-state index contributed by atoms with van der Waals surface area (Å²) in [4.78, 5) is 21.7. The maximum absolute atomic E-state index is 13.7. The van der Waals surface area contributed by atoms with Crippen molar-refractivity contribution in [2.45, 2.75) is 31.1 Å². The summed E-state index contributed by atoms with van der Waals surface area (Å²) in [6, 6.07) is 3.01. The van der Waals surface area contributed by atoms with E-state index in [-0.39, 0.29) is 16.6 Å². The number of hydrogen-bond donors (Lipinski definition) is 1. The Balaban J connectivity index is 1.95. The molecule has 2 rings (SSSR count). The van der Waals surface area contributed by atoms with E-state index in [0.717, 1.165) is 43.9 Å². The number of alkyl halides is 1. The fraction of sp³-hybridized carbons (Fsp3) is 0.500. The minimum Gasteiger partial charge on any atom is -0.352 e. The van der Waals surface area contributed by atoms with E-state index < -0.39 is 16.6 Å². The number of halogens is 2. The van der Waals surface area contributed by atoms with Crippen molar-refractivity contribution in [3.63, 3.8) is 0 Å². The molecule has 0 saturated heterocycles. The molecule has 1 aliphatic carbocycles. The van der Waals surface area contributed by atoms with Crippen molar-refractivity contribution in [3.8, 4) is 0 Å². The lowest BCUT2D eigenvalue weighted by molar-refractivity contribution is -0.385. The van der Waals surface area contributed by atoms with Crippen LogP contribution in [0, 0.1) is 21.8 Å². The zero-order valence-corrected chi connectivity index (χ0v) is 12.1. The fourth-order valence-electron chi connectivity index (χ4n) is 2.54. The third-order valence-corrected chi connectivity index (χ3v) is 4.07. The largest absolute Gasteiger partial charge is 0.352 e. The third kappa shape index (κ3) is 4.14. The number of carbonyl (C=O) groups excluding carboxylic acids is 1. The van der Waals surface area contributed by atoms with Crippen LogP contribution in [0.4, 0.5) is 10.1 Å². The normalized spacial score (nSPS) is 21.8. The van der Waals surface area contributed by atoms with Gasteiger partial charge in [0.1, 0.15) is 5.82 Å². The first-order chi connectivity index (χ1) is 9.97. The van der Waals surface area contributed by atoms with Gasteiger partial charge in [-0.05, 0) is 31.2 Å². The molecule has 7 heteroatoms. The number of rotatable bonds is 4. The lowest BCUT2D eigenvalue weighted by Gasteiger charge is -2.25. The molecule has 5 nitrogen and oxygen atoms in total. The standard InChI is InChI=1S/C14H16ClFN2O3/c15-10-3-1-2-9(6-10)8-17-14(19)12-5-4-11(18(20)21)7-13(12)16/h4-5,7,9-10H,1-3,6,8H2,(H,17,19). The fourth-order valence-corrected chi connectivity index (χ4v) is 2.95. The van der Waals surface area contributed by atoms with Gasteiger partial charge in [-0.1, -0.05) is 6.42 Å². The summed E-state index contributed by atoms with van der Waals surface area (Å²) in [7, 11) is 0. The molecule has 0 bridgehead atoms. The Bertz CT molecular complexity index is 553. The van der Waals surface area contributed by atoms with Crippen LogP contribution in [0.2, 0.25) is 0 Å². The summed E-state index contributed by atoms with van der Waals surface area (Å²) in [6.45, 7) is 0.443. The Morgan fingerprint density at radius 3 is 2.86 bits per heavy atom. The van der Waals surface area contributed by atoms with Gasteiger partial charge in [-0.2, -0.15) is 0 Å². The Morgan fingerprint density at radius 1 is 1.48 bits per heavy atom. The van der Waals surface area contributed by atoms with Crippen LogP contribution in [0.25, 0.3) is 0 Å². The van der Waals surface area contributed by atoms with Gasteiger partial charge in [-0.25, -0.2) is 4.39 Å². The van der Waals surface area contributed by atoms with Crippen molar-refractivity contribution >= 4 is 23.2 Å². The van der Waals surface area contributed by atoms with Crippen LogP contribution in [0.1, 0.15) is 36.0 Å². The van der Waals surface area contributed by atoms with E-state index in [1.165, 1.54) is 0 Å². The van der Waals surface area contributed by atoms with Gasteiger partial charge in [0.2, 0.25) is 0 Å². The summed E-state index contributed by atoms with van der Waals surface area (Å²) in [5.74, 6) is -1.15. The molecule has 2 atom stereocenters. The van der Waals surface area contributed by atoms with E-state index in [9.17, 15) is 19.3 Å². The number of non-ortho nitro benzene ring substituents is 1. The van der Waals surface area contributed by atoms with Crippen LogP contribution in [0.5, 0.6) is 0 Å². The topological polar surface area (TPSA) is 72.2 Å². The lowest BCUT2D eigenvalue weighted by Crippen LogP contribution is -2.32. The Morgan fingerprint density at radius 2 is 2.24 bits per heavy atom. The van der Waals surface area contributed by atoms with E-state index in [1.54, 1.807) is 0 Å². The number of amides is 1. The number of nitrogens with zero attached hydrogens (tertiary/aromatic N) is 1. The highest BCUT2D eigenvalue weighted by molar-refractivity contribution is 6.20. The molecular formula is C14H16ClFN2O3. The molecule has 0 aromatic heterocycles.